The van der Waals surface area contributed by atoms with Crippen LogP contribution in [0.1, 0.15) is 85.0 Å². The molecule has 0 heterocycles. The molecule has 1 unspecified atom stereocenters. The van der Waals surface area contributed by atoms with Gasteiger partial charge in [-0.3, -0.25) is 9.59 Å². The minimum Gasteiger partial charge on any atom is -0.481 e. The average Bonchev–Trinajstić information content (AvgIpc) is 2.53. The van der Waals surface area contributed by atoms with Crippen molar-refractivity contribution in [2.24, 2.45) is 17.8 Å². The molecule has 4 nitrogen and oxygen atoms in total. The van der Waals surface area contributed by atoms with E-state index in [4.69, 9.17) is 9.84 Å². The Bertz CT molecular complexity index is 356. The van der Waals surface area contributed by atoms with E-state index in [-0.39, 0.29) is 23.9 Å². The number of ether oxygens (including phenoxy) is 1. The second-order valence-electron chi connectivity index (χ2n) is 7.31. The second-order valence-corrected chi connectivity index (χ2v) is 7.31. The number of carbonyl (C=O) groups excluding carboxylic acids is 1. The Kier molecular flexibility index (Phi) is 9.27. The van der Waals surface area contributed by atoms with Crippen molar-refractivity contribution in [3.05, 3.63) is 0 Å². The van der Waals surface area contributed by atoms with Crippen molar-refractivity contribution in [3.8, 4) is 0 Å². The monoisotopic (exact) mass is 326 g/mol. The fraction of sp³-hybridized carbons (Fsp3) is 0.895. The van der Waals surface area contributed by atoms with E-state index in [0.29, 0.717) is 31.6 Å². The maximum absolute atomic E-state index is 12.4. The van der Waals surface area contributed by atoms with Crippen LogP contribution in [0.2, 0.25) is 0 Å². The normalized spacial score (nSPS) is 22.8. The zero-order valence-corrected chi connectivity index (χ0v) is 15.1. The number of rotatable bonds is 10. The van der Waals surface area contributed by atoms with Gasteiger partial charge in [-0.05, 0) is 44.4 Å². The molecule has 23 heavy (non-hydrogen) atoms. The Balaban J connectivity index is 2.35. The highest BCUT2D eigenvalue weighted by atomic mass is 16.5. The highest BCUT2D eigenvalue weighted by molar-refractivity contribution is 5.74. The summed E-state index contributed by atoms with van der Waals surface area (Å²) >= 11 is 0. The molecule has 0 spiro atoms. The van der Waals surface area contributed by atoms with Gasteiger partial charge in [0.1, 0.15) is 6.10 Å². The van der Waals surface area contributed by atoms with Crippen LogP contribution in [0.15, 0.2) is 0 Å². The van der Waals surface area contributed by atoms with Gasteiger partial charge >= 0.3 is 11.9 Å². The highest BCUT2D eigenvalue weighted by Crippen LogP contribution is 2.30. The Hall–Kier alpha value is -1.06. The molecule has 1 fully saturated rings. The molecule has 0 saturated heterocycles. The lowest BCUT2D eigenvalue weighted by Gasteiger charge is -2.28. The van der Waals surface area contributed by atoms with E-state index in [1.807, 2.05) is 0 Å². The molecular formula is C19H34O4. The quantitative estimate of drug-likeness (QED) is 0.462. The summed E-state index contributed by atoms with van der Waals surface area (Å²) in [7, 11) is 0. The third-order valence-corrected chi connectivity index (χ3v) is 5.01. The third-order valence-electron chi connectivity index (χ3n) is 5.01. The van der Waals surface area contributed by atoms with Gasteiger partial charge in [-0.2, -0.15) is 0 Å². The van der Waals surface area contributed by atoms with Crippen molar-refractivity contribution >= 4 is 11.9 Å². The highest BCUT2D eigenvalue weighted by Gasteiger charge is 2.32. The van der Waals surface area contributed by atoms with Crippen LogP contribution in [-0.4, -0.2) is 23.1 Å². The van der Waals surface area contributed by atoms with Crippen molar-refractivity contribution in [2.45, 2.75) is 91.1 Å². The van der Waals surface area contributed by atoms with Crippen LogP contribution < -0.4 is 0 Å². The van der Waals surface area contributed by atoms with E-state index >= 15 is 0 Å². The predicted octanol–water partition coefficient (Wildman–Crippen LogP) is 4.81. The zero-order chi connectivity index (χ0) is 17.2. The molecule has 1 aliphatic rings. The van der Waals surface area contributed by atoms with Gasteiger partial charge in [0.25, 0.3) is 0 Å². The summed E-state index contributed by atoms with van der Waals surface area (Å²) in [5, 5.41) is 9.02. The van der Waals surface area contributed by atoms with E-state index in [9.17, 15) is 9.59 Å². The summed E-state index contributed by atoms with van der Waals surface area (Å²) in [6.45, 7) is 6.41. The molecule has 0 aromatic carbocycles. The Morgan fingerprint density at radius 3 is 2.09 bits per heavy atom. The smallest absolute Gasteiger partial charge is 0.309 e. The van der Waals surface area contributed by atoms with Crippen molar-refractivity contribution in [1.29, 1.82) is 0 Å². The Morgan fingerprint density at radius 2 is 1.57 bits per heavy atom. The van der Waals surface area contributed by atoms with Crippen LogP contribution in [0.25, 0.3) is 0 Å². The number of carboxylic acids is 1. The van der Waals surface area contributed by atoms with Gasteiger partial charge in [-0.25, -0.2) is 0 Å². The number of carbonyl (C=O) groups is 2. The van der Waals surface area contributed by atoms with Crippen molar-refractivity contribution in [3.63, 3.8) is 0 Å². The molecule has 1 saturated carbocycles. The molecule has 1 rings (SSSR count). The van der Waals surface area contributed by atoms with Crippen LogP contribution >= 0.6 is 0 Å². The van der Waals surface area contributed by atoms with Crippen LogP contribution in [0, 0.1) is 17.8 Å². The first-order valence-electron chi connectivity index (χ1n) is 9.39. The maximum atomic E-state index is 12.4. The molecule has 0 bridgehead atoms. The molecule has 0 aromatic heterocycles. The summed E-state index contributed by atoms with van der Waals surface area (Å²) in [5.41, 5.74) is 0. The predicted molar refractivity (Wildman–Crippen MR) is 91.2 cm³/mol. The van der Waals surface area contributed by atoms with E-state index < -0.39 is 5.97 Å². The van der Waals surface area contributed by atoms with Gasteiger partial charge in [-0.15, -0.1) is 0 Å². The zero-order valence-electron chi connectivity index (χ0n) is 15.1. The molecule has 134 valence electrons. The molecule has 0 aromatic rings. The van der Waals surface area contributed by atoms with Gasteiger partial charge in [0.2, 0.25) is 0 Å². The first kappa shape index (κ1) is 20.0. The number of aliphatic carboxylic acids is 1. The van der Waals surface area contributed by atoms with Gasteiger partial charge in [-0.1, -0.05) is 46.5 Å². The number of esters is 1. The molecule has 4 heteroatoms. The number of hydrogen-bond donors (Lipinski definition) is 1. The summed E-state index contributed by atoms with van der Waals surface area (Å²) in [4.78, 5) is 23.3. The lowest BCUT2D eigenvalue weighted by molar-refractivity contribution is -0.159. The minimum absolute atomic E-state index is 0.00123. The van der Waals surface area contributed by atoms with Gasteiger partial charge < -0.3 is 9.84 Å². The van der Waals surface area contributed by atoms with Gasteiger partial charge in [0.05, 0.1) is 11.8 Å². The molecular weight excluding hydrogens is 292 g/mol. The van der Waals surface area contributed by atoms with Crippen LogP contribution in [0.4, 0.5) is 0 Å². The topological polar surface area (TPSA) is 63.6 Å². The van der Waals surface area contributed by atoms with Crippen LogP contribution in [0.3, 0.4) is 0 Å². The Morgan fingerprint density at radius 1 is 1.00 bits per heavy atom. The van der Waals surface area contributed by atoms with E-state index in [1.54, 1.807) is 0 Å². The molecule has 1 N–H and O–H groups in total. The van der Waals surface area contributed by atoms with Crippen LogP contribution in [-0.2, 0) is 14.3 Å². The van der Waals surface area contributed by atoms with E-state index in [1.165, 1.54) is 25.7 Å². The molecule has 1 atom stereocenters. The van der Waals surface area contributed by atoms with E-state index in [0.717, 1.165) is 12.8 Å². The van der Waals surface area contributed by atoms with Crippen molar-refractivity contribution < 1.29 is 19.4 Å². The van der Waals surface area contributed by atoms with Crippen molar-refractivity contribution in [1.82, 2.24) is 0 Å². The second kappa shape index (κ2) is 10.7. The minimum atomic E-state index is -0.732. The first-order chi connectivity index (χ1) is 11.0. The summed E-state index contributed by atoms with van der Waals surface area (Å²) in [6, 6.07) is 0. The summed E-state index contributed by atoms with van der Waals surface area (Å²) in [5.74, 6) is -0.893. The molecule has 0 aliphatic heterocycles. The summed E-state index contributed by atoms with van der Waals surface area (Å²) in [6.07, 6.45) is 9.53. The number of hydrogen-bond acceptors (Lipinski definition) is 3. The molecule has 0 radical (unpaired) electrons. The summed E-state index contributed by atoms with van der Waals surface area (Å²) < 4.78 is 5.77. The molecule has 0 amide bonds. The number of carboxylic acid groups (broad SMARTS) is 1. The van der Waals surface area contributed by atoms with E-state index in [2.05, 4.69) is 20.8 Å². The lowest BCUT2D eigenvalue weighted by Crippen LogP contribution is -2.31. The average molecular weight is 326 g/mol. The van der Waals surface area contributed by atoms with Gasteiger partial charge in [0, 0.05) is 0 Å². The maximum Gasteiger partial charge on any atom is 0.309 e. The largest absolute Gasteiger partial charge is 0.481 e. The first-order valence-corrected chi connectivity index (χ1v) is 9.39. The SMILES string of the molecule is CCCCCCCC(OC(=O)C1CCC(C(=O)O)CC1)C(C)C. The Labute approximate surface area is 141 Å². The van der Waals surface area contributed by atoms with Crippen LogP contribution in [0.5, 0.6) is 0 Å². The molecule has 1 aliphatic carbocycles. The fourth-order valence-electron chi connectivity index (χ4n) is 3.30. The lowest BCUT2D eigenvalue weighted by atomic mass is 9.82. The van der Waals surface area contributed by atoms with Gasteiger partial charge in [0.15, 0.2) is 0 Å². The van der Waals surface area contributed by atoms with Crippen molar-refractivity contribution in [2.75, 3.05) is 0 Å². The third kappa shape index (κ3) is 7.36. The fourth-order valence-corrected chi connectivity index (χ4v) is 3.30. The standard InChI is InChI=1S/C19H34O4/c1-4-5-6-7-8-9-17(14(2)3)23-19(22)16-12-10-15(11-13-16)18(20)21/h14-17H,4-13H2,1-3H3,(H,20,21). The number of unbranched alkanes of at least 4 members (excludes halogenated alkanes) is 4.